The fourth-order valence-electron chi connectivity index (χ4n) is 7.52. The van der Waals surface area contributed by atoms with Gasteiger partial charge in [-0.3, -0.25) is 9.58 Å². The molecule has 1 saturated carbocycles. The van der Waals surface area contributed by atoms with E-state index < -0.39 is 5.60 Å². The van der Waals surface area contributed by atoms with E-state index in [-0.39, 0.29) is 17.0 Å². The van der Waals surface area contributed by atoms with Gasteiger partial charge in [0.25, 0.3) is 0 Å². The van der Waals surface area contributed by atoms with Crippen molar-refractivity contribution in [3.8, 4) is 0 Å². The van der Waals surface area contributed by atoms with Gasteiger partial charge in [0.05, 0.1) is 18.8 Å². The molecule has 6 rings (SSSR count). The predicted molar refractivity (Wildman–Crippen MR) is 135 cm³/mol. The van der Waals surface area contributed by atoms with Crippen LogP contribution in [-0.4, -0.2) is 87.8 Å². The Kier molecular flexibility index (Phi) is 5.29. The zero-order valence-electron chi connectivity index (χ0n) is 22.4. The number of carbonyl (C=O) groups excluding carboxylic acids is 1. The Morgan fingerprint density at radius 2 is 1.89 bits per heavy atom. The molecular formula is C27H43N5O3. The van der Waals surface area contributed by atoms with Crippen LogP contribution < -0.4 is 4.90 Å². The van der Waals surface area contributed by atoms with Gasteiger partial charge in [-0.2, -0.15) is 5.10 Å². The van der Waals surface area contributed by atoms with Crippen LogP contribution in [0.3, 0.4) is 0 Å². The molecule has 194 valence electrons. The number of aromatic nitrogens is 2. The van der Waals surface area contributed by atoms with Gasteiger partial charge in [0, 0.05) is 61.0 Å². The summed E-state index contributed by atoms with van der Waals surface area (Å²) in [6, 6.07) is 4.01. The third-order valence-electron chi connectivity index (χ3n) is 9.14. The van der Waals surface area contributed by atoms with Crippen LogP contribution >= 0.6 is 0 Å². The van der Waals surface area contributed by atoms with Crippen molar-refractivity contribution in [1.82, 2.24) is 19.6 Å². The van der Waals surface area contributed by atoms with Crippen LogP contribution in [0.4, 0.5) is 10.6 Å². The molecule has 1 aliphatic carbocycles. The molecule has 8 nitrogen and oxygen atoms in total. The van der Waals surface area contributed by atoms with Crippen LogP contribution in [0.5, 0.6) is 0 Å². The number of morpholine rings is 1. The molecule has 35 heavy (non-hydrogen) atoms. The number of ether oxygens (including phenoxy) is 2. The van der Waals surface area contributed by atoms with Gasteiger partial charge in [-0.15, -0.1) is 0 Å². The minimum absolute atomic E-state index is 0.0833. The monoisotopic (exact) mass is 485 g/mol. The van der Waals surface area contributed by atoms with E-state index in [9.17, 15) is 4.79 Å². The Labute approximate surface area is 209 Å². The first-order valence-corrected chi connectivity index (χ1v) is 13.6. The van der Waals surface area contributed by atoms with Gasteiger partial charge in [0.2, 0.25) is 0 Å². The topological polar surface area (TPSA) is 63.1 Å². The second-order valence-electron chi connectivity index (χ2n) is 13.6. The molecule has 4 aliphatic heterocycles. The summed E-state index contributed by atoms with van der Waals surface area (Å²) in [7, 11) is 0. The molecule has 5 aliphatic rings. The molecule has 8 heteroatoms. The zero-order valence-corrected chi connectivity index (χ0v) is 22.4. The summed E-state index contributed by atoms with van der Waals surface area (Å²) in [5.41, 5.74) is 1.15. The molecule has 5 fully saturated rings. The molecule has 5 heterocycles. The van der Waals surface area contributed by atoms with Gasteiger partial charge < -0.3 is 19.3 Å². The lowest BCUT2D eigenvalue weighted by atomic mass is 9.61. The van der Waals surface area contributed by atoms with Crippen molar-refractivity contribution < 1.29 is 14.3 Å². The lowest BCUT2D eigenvalue weighted by Gasteiger charge is -2.58. The second kappa shape index (κ2) is 7.85. The maximum Gasteiger partial charge on any atom is 0.410 e. The molecule has 1 aromatic rings. The number of carbonyl (C=O) groups is 1. The Hall–Kier alpha value is -1.80. The molecule has 0 aromatic carbocycles. The third kappa shape index (κ3) is 4.14. The Morgan fingerprint density at radius 3 is 2.49 bits per heavy atom. The highest BCUT2D eigenvalue weighted by Crippen LogP contribution is 2.54. The Morgan fingerprint density at radius 1 is 1.14 bits per heavy atom. The normalized spacial score (nSPS) is 32.1. The van der Waals surface area contributed by atoms with E-state index in [4.69, 9.17) is 14.6 Å². The first kappa shape index (κ1) is 23.6. The maximum atomic E-state index is 12.3. The van der Waals surface area contributed by atoms with E-state index >= 15 is 0 Å². The van der Waals surface area contributed by atoms with Crippen LogP contribution in [0.1, 0.15) is 78.5 Å². The quantitative estimate of drug-likeness (QED) is 0.645. The van der Waals surface area contributed by atoms with Crippen molar-refractivity contribution in [2.24, 2.45) is 5.41 Å². The smallest absolute Gasteiger partial charge is 0.410 e. The number of aryl methyl sites for hydroxylation is 1. The summed E-state index contributed by atoms with van der Waals surface area (Å²) < 4.78 is 13.6. The van der Waals surface area contributed by atoms with Gasteiger partial charge in [-0.25, -0.2) is 4.79 Å². The van der Waals surface area contributed by atoms with Crippen LogP contribution in [0, 0.1) is 12.3 Å². The number of likely N-dealkylation sites (tertiary alicyclic amines) is 2. The van der Waals surface area contributed by atoms with E-state index in [2.05, 4.69) is 41.3 Å². The number of fused-ring (bicyclic) bond motifs is 2. The summed E-state index contributed by atoms with van der Waals surface area (Å²) in [5.74, 6) is 1.13. The van der Waals surface area contributed by atoms with Crippen molar-refractivity contribution in [3.05, 3.63) is 11.8 Å². The first-order valence-electron chi connectivity index (χ1n) is 13.6. The molecule has 4 saturated heterocycles. The number of nitrogens with zero attached hydrogens (tertiary/aromatic N) is 5. The Balaban J connectivity index is 1.06. The SMILES string of the molecule is Cc1cc(N2CCC(N3C[C@@H]4C[C@H]3CO4)CC2(C)C)nn1C1CC2(C1)CN(C(=O)OC(C)(C)C)C2. The Bertz CT molecular complexity index is 983. The molecule has 2 bridgehead atoms. The largest absolute Gasteiger partial charge is 0.444 e. The highest BCUT2D eigenvalue weighted by molar-refractivity contribution is 5.69. The van der Waals surface area contributed by atoms with Gasteiger partial charge in [-0.1, -0.05) is 0 Å². The summed E-state index contributed by atoms with van der Waals surface area (Å²) in [5, 5.41) is 5.14. The molecular weight excluding hydrogens is 442 g/mol. The van der Waals surface area contributed by atoms with Crippen molar-refractivity contribution in [1.29, 1.82) is 0 Å². The van der Waals surface area contributed by atoms with E-state index in [0.717, 1.165) is 51.4 Å². The van der Waals surface area contributed by atoms with Crippen molar-refractivity contribution in [2.45, 2.75) is 109 Å². The second-order valence-corrected chi connectivity index (χ2v) is 13.6. The number of amides is 1. The number of piperidine rings is 1. The fraction of sp³-hybridized carbons (Fsp3) is 0.852. The minimum Gasteiger partial charge on any atom is -0.444 e. The van der Waals surface area contributed by atoms with E-state index in [1.165, 1.54) is 25.0 Å². The minimum atomic E-state index is -0.435. The van der Waals surface area contributed by atoms with Gasteiger partial charge in [0.15, 0.2) is 5.82 Å². The van der Waals surface area contributed by atoms with E-state index in [0.29, 0.717) is 24.2 Å². The van der Waals surface area contributed by atoms with Crippen molar-refractivity contribution in [2.75, 3.05) is 37.7 Å². The summed E-state index contributed by atoms with van der Waals surface area (Å²) in [6.45, 7) is 17.5. The molecule has 1 unspecified atom stereocenters. The highest BCUT2D eigenvalue weighted by Gasteiger charge is 2.55. The summed E-state index contributed by atoms with van der Waals surface area (Å²) >= 11 is 0. The molecule has 0 N–H and O–H groups in total. The molecule has 0 radical (unpaired) electrons. The number of rotatable bonds is 3. The summed E-state index contributed by atoms with van der Waals surface area (Å²) in [6.07, 6.45) is 6.09. The molecule has 1 amide bonds. The molecule has 1 aromatic heterocycles. The van der Waals surface area contributed by atoms with Crippen LogP contribution in [0.2, 0.25) is 0 Å². The first-order chi connectivity index (χ1) is 16.4. The van der Waals surface area contributed by atoms with Crippen molar-refractivity contribution >= 4 is 11.9 Å². The standard InChI is InChI=1S/C27H43N5O3/c1-18-9-23(31-8-7-19(11-26(31,5)6)30-14-22-10-20(30)15-34-22)28-32(18)21-12-27(13-21)16-29(17-27)24(33)35-25(2,3)4/h9,19-22H,7-8,10-17H2,1-6H3/t19?,20-,22-/m0/s1. The van der Waals surface area contributed by atoms with Crippen LogP contribution in [-0.2, 0) is 9.47 Å². The maximum absolute atomic E-state index is 12.3. The van der Waals surface area contributed by atoms with Crippen LogP contribution in [0.15, 0.2) is 6.07 Å². The molecule has 1 spiro atoms. The van der Waals surface area contributed by atoms with Gasteiger partial charge in [-0.05, 0) is 73.6 Å². The third-order valence-corrected chi connectivity index (χ3v) is 9.14. The highest BCUT2D eigenvalue weighted by atomic mass is 16.6. The van der Waals surface area contributed by atoms with Gasteiger partial charge in [0.1, 0.15) is 5.60 Å². The van der Waals surface area contributed by atoms with Gasteiger partial charge >= 0.3 is 6.09 Å². The number of hydrogen-bond acceptors (Lipinski definition) is 6. The summed E-state index contributed by atoms with van der Waals surface area (Å²) in [4.78, 5) is 19.5. The zero-order chi connectivity index (χ0) is 24.8. The average molecular weight is 486 g/mol. The predicted octanol–water partition coefficient (Wildman–Crippen LogP) is 3.98. The lowest BCUT2D eigenvalue weighted by molar-refractivity contribution is -0.0930. The van der Waals surface area contributed by atoms with Crippen LogP contribution in [0.25, 0.3) is 0 Å². The lowest BCUT2D eigenvalue weighted by Crippen LogP contribution is -2.64. The van der Waals surface area contributed by atoms with Crippen molar-refractivity contribution in [3.63, 3.8) is 0 Å². The fourth-order valence-corrected chi connectivity index (χ4v) is 7.52. The van der Waals surface area contributed by atoms with E-state index in [1.54, 1.807) is 0 Å². The number of anilines is 1. The van der Waals surface area contributed by atoms with E-state index in [1.807, 2.05) is 25.7 Å². The molecule has 3 atom stereocenters. The number of hydrogen-bond donors (Lipinski definition) is 0. The average Bonchev–Trinajstić information content (AvgIpc) is 3.40.